The van der Waals surface area contributed by atoms with Gasteiger partial charge in [0.1, 0.15) is 5.75 Å². The largest absolute Gasteiger partial charge is 0.493 e. The van der Waals surface area contributed by atoms with E-state index in [1.807, 2.05) is 11.4 Å². The van der Waals surface area contributed by atoms with Crippen LogP contribution in [0.3, 0.4) is 0 Å². The second kappa shape index (κ2) is 8.23. The van der Waals surface area contributed by atoms with Crippen LogP contribution in [0.5, 0.6) is 5.75 Å². The predicted molar refractivity (Wildman–Crippen MR) is 126 cm³/mol. The van der Waals surface area contributed by atoms with Crippen molar-refractivity contribution in [1.82, 2.24) is 9.71 Å². The number of nitrogens with one attached hydrogen (secondary N) is 1. The van der Waals surface area contributed by atoms with Crippen LogP contribution >= 0.6 is 11.3 Å². The number of sulfonamides is 1. The minimum atomic E-state index is -3.74. The highest BCUT2D eigenvalue weighted by molar-refractivity contribution is 7.91. The second-order valence-corrected chi connectivity index (χ2v) is 11.8. The van der Waals surface area contributed by atoms with Gasteiger partial charge in [-0.2, -0.15) is 0 Å². The predicted octanol–water partition coefficient (Wildman–Crippen LogP) is 3.71. The summed E-state index contributed by atoms with van der Waals surface area (Å²) in [6.45, 7) is 2.00. The van der Waals surface area contributed by atoms with Crippen LogP contribution in [0.25, 0.3) is 11.1 Å². The molecule has 0 saturated heterocycles. The molecule has 2 aromatic carbocycles. The minimum Gasteiger partial charge on any atom is -0.493 e. The lowest BCUT2D eigenvalue weighted by atomic mass is 9.88. The molecular weight excluding hydrogens is 460 g/mol. The molecule has 2 aliphatic rings. The van der Waals surface area contributed by atoms with Crippen molar-refractivity contribution >= 4 is 27.3 Å². The summed E-state index contributed by atoms with van der Waals surface area (Å²) in [4.78, 5) is 17.2. The van der Waals surface area contributed by atoms with Crippen molar-refractivity contribution in [3.05, 3.63) is 70.2 Å². The Bertz CT molecular complexity index is 1300. The molecule has 3 aromatic rings. The Morgan fingerprint density at radius 3 is 2.79 bits per heavy atom. The Labute approximate surface area is 196 Å². The Balaban J connectivity index is 1.41. The molecule has 2 N–H and O–H groups in total. The summed E-state index contributed by atoms with van der Waals surface area (Å²) in [7, 11) is -3.74. The number of benzene rings is 2. The summed E-state index contributed by atoms with van der Waals surface area (Å²) in [6.07, 6.45) is 1.03. The van der Waals surface area contributed by atoms with Crippen molar-refractivity contribution in [2.45, 2.75) is 37.0 Å². The minimum absolute atomic E-state index is 0.0995. The smallest absolute Gasteiger partial charge is 0.265 e. The highest BCUT2D eigenvalue weighted by Crippen LogP contribution is 2.43. The summed E-state index contributed by atoms with van der Waals surface area (Å²) >= 11 is 1.52. The van der Waals surface area contributed by atoms with Crippen LogP contribution in [0, 0.1) is 5.92 Å². The molecule has 33 heavy (non-hydrogen) atoms. The number of carbonyl (C=O) groups excluding carboxylic acids is 1. The number of aliphatic hydroxyl groups excluding tert-OH is 1. The van der Waals surface area contributed by atoms with Gasteiger partial charge < -0.3 is 9.84 Å². The van der Waals surface area contributed by atoms with Gasteiger partial charge in [0.05, 0.1) is 28.7 Å². The number of aliphatic hydroxyl groups is 1. The number of carbonyl (C=O) groups is 1. The maximum absolute atomic E-state index is 12.9. The normalized spacial score (nSPS) is 21.0. The fraction of sp³-hybridized carbons (Fsp3) is 0.333. The van der Waals surface area contributed by atoms with Crippen molar-refractivity contribution in [3.8, 4) is 16.9 Å². The van der Waals surface area contributed by atoms with E-state index in [-0.39, 0.29) is 11.5 Å². The van der Waals surface area contributed by atoms with Gasteiger partial charge in [-0.3, -0.25) is 4.79 Å². The molecule has 7 nitrogen and oxygen atoms in total. The Morgan fingerprint density at radius 1 is 1.27 bits per heavy atom. The van der Waals surface area contributed by atoms with Crippen LogP contribution in [-0.4, -0.2) is 35.8 Å². The van der Waals surface area contributed by atoms with E-state index in [4.69, 9.17) is 4.74 Å². The van der Waals surface area contributed by atoms with Crippen molar-refractivity contribution in [1.29, 1.82) is 0 Å². The molecule has 172 valence electrons. The molecule has 1 amide bonds. The van der Waals surface area contributed by atoms with Gasteiger partial charge in [-0.25, -0.2) is 18.1 Å². The van der Waals surface area contributed by atoms with Gasteiger partial charge in [-0.1, -0.05) is 30.3 Å². The van der Waals surface area contributed by atoms with Crippen molar-refractivity contribution in [2.75, 3.05) is 6.61 Å². The van der Waals surface area contributed by atoms with Crippen LogP contribution in [0.4, 0.5) is 0 Å². The van der Waals surface area contributed by atoms with E-state index in [0.717, 1.165) is 5.69 Å². The van der Waals surface area contributed by atoms with Crippen LogP contribution in [0.2, 0.25) is 0 Å². The van der Waals surface area contributed by atoms with Gasteiger partial charge in [0.25, 0.3) is 5.91 Å². The standard InChI is InChI=1S/C24H24N2O5S2/c1-24(8-9-24)33(29,30)26-23(28)19-5-3-2-4-18(19)15-6-7-20-21(11-15)31-12-16(22(20)27)10-17-13-32-14-25-17/h2-7,11,13-14,16,22,27H,8-10,12H2,1H3,(H,26,28)/t16-,22+/m0/s1. The summed E-state index contributed by atoms with van der Waals surface area (Å²) < 4.78 is 32.4. The maximum Gasteiger partial charge on any atom is 0.265 e. The molecule has 0 unspecified atom stereocenters. The van der Waals surface area contributed by atoms with Gasteiger partial charge in [0, 0.05) is 22.4 Å². The fourth-order valence-corrected chi connectivity index (χ4v) is 5.88. The quantitative estimate of drug-likeness (QED) is 0.553. The first-order chi connectivity index (χ1) is 15.8. The van der Waals surface area contributed by atoms with Crippen LogP contribution in [-0.2, 0) is 16.4 Å². The lowest BCUT2D eigenvalue weighted by molar-refractivity contribution is 0.0504. The third kappa shape index (κ3) is 4.16. The van der Waals surface area contributed by atoms with Crippen molar-refractivity contribution in [3.63, 3.8) is 0 Å². The van der Waals surface area contributed by atoms with E-state index in [1.54, 1.807) is 48.8 Å². The van der Waals surface area contributed by atoms with Gasteiger partial charge in [0.15, 0.2) is 0 Å². The number of rotatable bonds is 6. The number of nitrogens with zero attached hydrogens (tertiary/aromatic N) is 1. The number of hydrogen-bond donors (Lipinski definition) is 2. The summed E-state index contributed by atoms with van der Waals surface area (Å²) in [5, 5.41) is 12.9. The number of fused-ring (bicyclic) bond motifs is 1. The molecule has 1 saturated carbocycles. The molecule has 2 heterocycles. The topological polar surface area (TPSA) is 106 Å². The number of thiazole rings is 1. The molecular formula is C24H24N2O5S2. The van der Waals surface area contributed by atoms with Gasteiger partial charge in [-0.05, 0) is 49.4 Å². The molecule has 9 heteroatoms. The lowest BCUT2D eigenvalue weighted by Crippen LogP contribution is -2.38. The van der Waals surface area contributed by atoms with E-state index < -0.39 is 26.8 Å². The molecule has 2 atom stereocenters. The van der Waals surface area contributed by atoms with Crippen LogP contribution < -0.4 is 9.46 Å². The zero-order valence-corrected chi connectivity index (χ0v) is 19.7. The molecule has 0 bridgehead atoms. The zero-order valence-electron chi connectivity index (χ0n) is 18.0. The molecule has 1 aromatic heterocycles. The van der Waals surface area contributed by atoms with Gasteiger partial charge in [0.2, 0.25) is 10.0 Å². The van der Waals surface area contributed by atoms with Gasteiger partial charge in [-0.15, -0.1) is 11.3 Å². The first-order valence-corrected chi connectivity index (χ1v) is 13.2. The number of hydrogen-bond acceptors (Lipinski definition) is 7. The average molecular weight is 485 g/mol. The molecule has 1 aliphatic heterocycles. The maximum atomic E-state index is 12.9. The van der Waals surface area contributed by atoms with Crippen molar-refractivity contribution in [2.24, 2.45) is 5.92 Å². The van der Waals surface area contributed by atoms with Crippen molar-refractivity contribution < 1.29 is 23.1 Å². The Kier molecular flexibility index (Phi) is 5.50. The number of ether oxygens (including phenoxy) is 1. The number of amides is 1. The third-order valence-corrected chi connectivity index (χ3v) is 9.29. The van der Waals surface area contributed by atoms with E-state index >= 15 is 0 Å². The highest BCUT2D eigenvalue weighted by Gasteiger charge is 2.51. The Morgan fingerprint density at radius 2 is 2.06 bits per heavy atom. The zero-order chi connectivity index (χ0) is 23.2. The molecule has 1 fully saturated rings. The third-order valence-electron chi connectivity index (χ3n) is 6.50. The van der Waals surface area contributed by atoms with Crippen LogP contribution in [0.1, 0.15) is 47.5 Å². The molecule has 0 spiro atoms. The molecule has 5 rings (SSSR count). The monoisotopic (exact) mass is 484 g/mol. The lowest BCUT2D eigenvalue weighted by Gasteiger charge is -2.30. The van der Waals surface area contributed by atoms with E-state index in [1.165, 1.54) is 11.3 Å². The van der Waals surface area contributed by atoms with E-state index in [9.17, 15) is 18.3 Å². The Hall–Kier alpha value is -2.75. The fourth-order valence-electron chi connectivity index (χ4n) is 4.07. The molecule has 1 aliphatic carbocycles. The highest BCUT2D eigenvalue weighted by atomic mass is 32.2. The van der Waals surface area contributed by atoms with E-state index in [0.29, 0.717) is 48.3 Å². The number of aromatic nitrogens is 1. The summed E-state index contributed by atoms with van der Waals surface area (Å²) in [5.74, 6) is -0.193. The first kappa shape index (κ1) is 22.1. The molecule has 0 radical (unpaired) electrons. The first-order valence-electron chi connectivity index (χ1n) is 10.8. The van der Waals surface area contributed by atoms with Gasteiger partial charge >= 0.3 is 0 Å². The summed E-state index contributed by atoms with van der Waals surface area (Å²) in [6, 6.07) is 12.3. The van der Waals surface area contributed by atoms with Crippen LogP contribution in [0.15, 0.2) is 53.4 Å². The second-order valence-electron chi connectivity index (χ2n) is 8.88. The SMILES string of the molecule is CC1(S(=O)(=O)NC(=O)c2ccccc2-c2ccc3c(c2)OC[C@H](Cc2cscn2)[C@H]3O)CC1. The average Bonchev–Trinajstić information content (AvgIpc) is 3.36. The summed E-state index contributed by atoms with van der Waals surface area (Å²) in [5.41, 5.74) is 4.97. The van der Waals surface area contributed by atoms with E-state index in [2.05, 4.69) is 9.71 Å².